The number of unbranched alkanes of at least 4 members (excludes halogenated alkanes) is 14. The first-order valence-electron chi connectivity index (χ1n) is 10.2. The second-order valence-electron chi connectivity index (χ2n) is 6.99. The van der Waals surface area contributed by atoms with E-state index in [4.69, 9.17) is 4.55 Å². The van der Waals surface area contributed by atoms with Gasteiger partial charge in [0.15, 0.2) is 0 Å². The van der Waals surface area contributed by atoms with Crippen molar-refractivity contribution >= 4 is 39.7 Å². The summed E-state index contributed by atoms with van der Waals surface area (Å²) in [6.07, 6.45) is 20.3. The molecule has 0 aliphatic rings. The van der Waals surface area contributed by atoms with Gasteiger partial charge in [-0.2, -0.15) is 8.42 Å². The molecule has 0 aromatic rings. The summed E-state index contributed by atoms with van der Waals surface area (Å²) in [6, 6.07) is 0. The molecule has 0 saturated heterocycles. The van der Waals surface area contributed by atoms with Gasteiger partial charge in [0.05, 0.1) is 5.75 Å². The molecule has 0 unspecified atom stereocenters. The van der Waals surface area contributed by atoms with Gasteiger partial charge in [-0.3, -0.25) is 4.55 Å². The fourth-order valence-corrected chi connectivity index (χ4v) is 3.35. The first kappa shape index (κ1) is 28.1. The molecule has 0 atom stereocenters. The van der Waals surface area contributed by atoms with E-state index in [0.29, 0.717) is 6.54 Å². The summed E-state index contributed by atoms with van der Waals surface area (Å²) in [5, 5.41) is 3.05. The number of rotatable bonds is 19. The van der Waals surface area contributed by atoms with E-state index in [9.17, 15) is 8.42 Å². The van der Waals surface area contributed by atoms with E-state index in [1.54, 1.807) is 0 Å². The van der Waals surface area contributed by atoms with Crippen LogP contribution in [-0.2, 0) is 10.1 Å². The molecule has 4 nitrogen and oxygen atoms in total. The van der Waals surface area contributed by atoms with Gasteiger partial charge >= 0.3 is 29.6 Å². The van der Waals surface area contributed by atoms with Gasteiger partial charge in [0.2, 0.25) is 0 Å². The minimum atomic E-state index is -3.81. The zero-order valence-electron chi connectivity index (χ0n) is 15.9. The monoisotopic (exact) mass is 387 g/mol. The number of hydrogen-bond acceptors (Lipinski definition) is 3. The Hall–Kier alpha value is 0.870. The van der Waals surface area contributed by atoms with Crippen LogP contribution in [0.2, 0.25) is 0 Å². The van der Waals surface area contributed by atoms with Crippen LogP contribution in [0.1, 0.15) is 103 Å². The van der Waals surface area contributed by atoms with Gasteiger partial charge in [0.25, 0.3) is 10.1 Å². The van der Waals surface area contributed by atoms with Gasteiger partial charge in [0.1, 0.15) is 0 Å². The van der Waals surface area contributed by atoms with E-state index < -0.39 is 10.1 Å². The Morgan fingerprint density at radius 3 is 1.36 bits per heavy atom. The Morgan fingerprint density at radius 2 is 1.00 bits per heavy atom. The van der Waals surface area contributed by atoms with Crippen LogP contribution >= 0.6 is 0 Å². The van der Waals surface area contributed by atoms with Crippen LogP contribution in [0.25, 0.3) is 0 Å². The maximum absolute atomic E-state index is 10.5. The molecule has 0 heterocycles. The standard InChI is InChI=1S/C19H41NO3S.Na.H/c1-2-3-4-5-6-7-8-9-10-11-12-13-14-15-16-17-20-18-19-24(21,22)23;;/h20H,2-19H2,1H3,(H,21,22,23);;. The van der Waals surface area contributed by atoms with E-state index >= 15 is 0 Å². The average Bonchev–Trinajstić information content (AvgIpc) is 2.52. The summed E-state index contributed by atoms with van der Waals surface area (Å²) in [4.78, 5) is 0. The molecule has 0 aromatic heterocycles. The molecule has 0 amide bonds. The third-order valence-electron chi connectivity index (χ3n) is 4.49. The molecule has 148 valence electrons. The van der Waals surface area contributed by atoms with Crippen LogP contribution in [-0.4, -0.2) is 61.4 Å². The predicted octanol–water partition coefficient (Wildman–Crippen LogP) is 4.69. The summed E-state index contributed by atoms with van der Waals surface area (Å²) in [5.74, 6) is -0.189. The van der Waals surface area contributed by atoms with Crippen molar-refractivity contribution in [1.29, 1.82) is 0 Å². The fraction of sp³-hybridized carbons (Fsp3) is 1.00. The van der Waals surface area contributed by atoms with Gasteiger partial charge in [-0.25, -0.2) is 0 Å². The minimum absolute atomic E-state index is 0. The summed E-state index contributed by atoms with van der Waals surface area (Å²) in [7, 11) is -3.81. The van der Waals surface area contributed by atoms with Crippen molar-refractivity contribution < 1.29 is 13.0 Å². The van der Waals surface area contributed by atoms with Crippen LogP contribution < -0.4 is 5.32 Å². The van der Waals surface area contributed by atoms with Crippen LogP contribution in [0.4, 0.5) is 0 Å². The molecular formula is C19H42NNaO3S. The molecule has 0 rings (SSSR count). The molecule has 0 radical (unpaired) electrons. The summed E-state index contributed by atoms with van der Waals surface area (Å²) in [5.41, 5.74) is 0. The molecule has 0 fully saturated rings. The average molecular weight is 388 g/mol. The van der Waals surface area contributed by atoms with E-state index in [1.807, 2.05) is 0 Å². The Bertz CT molecular complexity index is 351. The number of nitrogens with one attached hydrogen (secondary N) is 1. The molecule has 2 N–H and O–H groups in total. The van der Waals surface area contributed by atoms with Gasteiger partial charge < -0.3 is 5.32 Å². The van der Waals surface area contributed by atoms with Crippen LogP contribution in [0.5, 0.6) is 0 Å². The topological polar surface area (TPSA) is 66.4 Å². The quantitative estimate of drug-likeness (QED) is 0.192. The van der Waals surface area contributed by atoms with Gasteiger partial charge in [-0.1, -0.05) is 96.8 Å². The molecule has 25 heavy (non-hydrogen) atoms. The first-order chi connectivity index (χ1) is 11.6. The first-order valence-corrected chi connectivity index (χ1v) is 11.8. The van der Waals surface area contributed by atoms with Crippen molar-refractivity contribution in [3.63, 3.8) is 0 Å². The number of hydrogen-bond donors (Lipinski definition) is 2. The summed E-state index contributed by atoms with van der Waals surface area (Å²) >= 11 is 0. The molecule has 6 heteroatoms. The third kappa shape index (κ3) is 27.2. The van der Waals surface area contributed by atoms with Crippen LogP contribution in [0, 0.1) is 0 Å². The molecule has 0 aliphatic carbocycles. The van der Waals surface area contributed by atoms with Crippen LogP contribution in [0.15, 0.2) is 0 Å². The van der Waals surface area contributed by atoms with Crippen molar-refractivity contribution in [3.05, 3.63) is 0 Å². The Balaban J connectivity index is 0. The van der Waals surface area contributed by atoms with Crippen molar-refractivity contribution in [2.24, 2.45) is 0 Å². The van der Waals surface area contributed by atoms with E-state index in [1.165, 1.54) is 89.9 Å². The van der Waals surface area contributed by atoms with Crippen LogP contribution in [0.3, 0.4) is 0 Å². The Morgan fingerprint density at radius 1 is 0.640 bits per heavy atom. The zero-order chi connectivity index (χ0) is 17.9. The Labute approximate surface area is 179 Å². The van der Waals surface area contributed by atoms with E-state index in [0.717, 1.165) is 13.0 Å². The molecule has 0 spiro atoms. The van der Waals surface area contributed by atoms with E-state index in [-0.39, 0.29) is 35.3 Å². The molecule has 0 saturated carbocycles. The molecule has 0 aromatic carbocycles. The molecule has 0 bridgehead atoms. The van der Waals surface area contributed by atoms with Gasteiger partial charge in [-0.15, -0.1) is 0 Å². The van der Waals surface area contributed by atoms with Crippen molar-refractivity contribution in [2.45, 2.75) is 103 Å². The third-order valence-corrected chi connectivity index (χ3v) is 5.21. The van der Waals surface area contributed by atoms with Crippen molar-refractivity contribution in [2.75, 3.05) is 18.8 Å². The second-order valence-corrected chi connectivity index (χ2v) is 8.56. The summed E-state index contributed by atoms with van der Waals surface area (Å²) in [6.45, 7) is 3.45. The SMILES string of the molecule is CCCCCCCCCCCCCCCCCNCCS(=O)(=O)O.[NaH]. The van der Waals surface area contributed by atoms with Gasteiger partial charge in [-0.05, 0) is 13.0 Å². The zero-order valence-corrected chi connectivity index (χ0v) is 16.7. The Kier molecular flexibility index (Phi) is 23.8. The van der Waals surface area contributed by atoms with Crippen molar-refractivity contribution in [1.82, 2.24) is 5.32 Å². The molecular weight excluding hydrogens is 345 g/mol. The predicted molar refractivity (Wildman–Crippen MR) is 111 cm³/mol. The maximum atomic E-state index is 10.5. The normalized spacial score (nSPS) is 11.4. The van der Waals surface area contributed by atoms with E-state index in [2.05, 4.69) is 12.2 Å². The van der Waals surface area contributed by atoms with Gasteiger partial charge in [0, 0.05) is 6.54 Å². The molecule has 0 aliphatic heterocycles. The second kappa shape index (κ2) is 21.2. The summed E-state index contributed by atoms with van der Waals surface area (Å²) < 4.78 is 29.6. The van der Waals surface area contributed by atoms with Crippen molar-refractivity contribution in [3.8, 4) is 0 Å². The fourth-order valence-electron chi connectivity index (χ4n) is 2.95.